The first-order valence-corrected chi connectivity index (χ1v) is 7.42. The third-order valence-electron chi connectivity index (χ3n) is 4.88. The van der Waals surface area contributed by atoms with Crippen molar-refractivity contribution in [3.05, 3.63) is 0 Å². The van der Waals surface area contributed by atoms with Gasteiger partial charge in [-0.15, -0.1) is 0 Å². The van der Waals surface area contributed by atoms with Gasteiger partial charge in [0.05, 0.1) is 6.04 Å². The summed E-state index contributed by atoms with van der Waals surface area (Å²) in [4.78, 5) is 17.0. The van der Waals surface area contributed by atoms with E-state index in [2.05, 4.69) is 29.1 Å². The molecule has 0 bridgehead atoms. The van der Waals surface area contributed by atoms with Crippen molar-refractivity contribution in [2.75, 3.05) is 20.1 Å². The summed E-state index contributed by atoms with van der Waals surface area (Å²) < 4.78 is 0. The van der Waals surface area contributed by atoms with Gasteiger partial charge in [-0.05, 0) is 46.1 Å². The van der Waals surface area contributed by atoms with Crippen LogP contribution in [-0.2, 0) is 4.79 Å². The van der Waals surface area contributed by atoms with Crippen LogP contribution in [0.1, 0.15) is 39.0 Å². The van der Waals surface area contributed by atoms with Crippen molar-refractivity contribution in [1.29, 1.82) is 0 Å². The monoisotopic (exact) mass is 251 g/mol. The molecule has 1 aliphatic carbocycles. The number of carbonyl (C=O) groups excluding carboxylic acids is 1. The second-order valence-corrected chi connectivity index (χ2v) is 6.32. The number of amides is 1. The summed E-state index contributed by atoms with van der Waals surface area (Å²) in [5.74, 6) is 0.364. The van der Waals surface area contributed by atoms with Gasteiger partial charge in [0.1, 0.15) is 0 Å². The standard InChI is InChI=1S/C14H25N3O/c1-10-9-12(5-7-16(10)2)17-8-6-13(14(17)18)15-11-3-4-11/h10-13,15H,3-9H2,1-2H3. The van der Waals surface area contributed by atoms with Crippen molar-refractivity contribution in [3.63, 3.8) is 0 Å². The molecule has 4 nitrogen and oxygen atoms in total. The maximum absolute atomic E-state index is 12.4. The lowest BCUT2D eigenvalue weighted by atomic mass is 9.98. The van der Waals surface area contributed by atoms with Crippen LogP contribution in [0.15, 0.2) is 0 Å². The summed E-state index contributed by atoms with van der Waals surface area (Å²) in [5.41, 5.74) is 0. The number of nitrogens with one attached hydrogen (secondary N) is 1. The normalized spacial score (nSPS) is 38.4. The third-order valence-corrected chi connectivity index (χ3v) is 4.88. The van der Waals surface area contributed by atoms with Crippen molar-refractivity contribution in [2.45, 2.75) is 63.2 Å². The molecule has 3 fully saturated rings. The van der Waals surface area contributed by atoms with Crippen LogP contribution in [0.2, 0.25) is 0 Å². The summed E-state index contributed by atoms with van der Waals surface area (Å²) >= 11 is 0. The SMILES string of the molecule is CC1CC(N2CCC(NC3CC3)C2=O)CCN1C. The van der Waals surface area contributed by atoms with Crippen molar-refractivity contribution in [2.24, 2.45) is 0 Å². The highest BCUT2D eigenvalue weighted by molar-refractivity contribution is 5.84. The van der Waals surface area contributed by atoms with Crippen LogP contribution in [0.4, 0.5) is 0 Å². The molecule has 3 rings (SSSR count). The molecule has 0 radical (unpaired) electrons. The van der Waals surface area contributed by atoms with Crippen LogP contribution >= 0.6 is 0 Å². The zero-order chi connectivity index (χ0) is 12.7. The van der Waals surface area contributed by atoms with Crippen molar-refractivity contribution in [3.8, 4) is 0 Å². The molecule has 102 valence electrons. The summed E-state index contributed by atoms with van der Waals surface area (Å²) in [6.45, 7) is 4.35. The zero-order valence-corrected chi connectivity index (χ0v) is 11.6. The Bertz CT molecular complexity index is 329. The Morgan fingerprint density at radius 1 is 1.17 bits per heavy atom. The van der Waals surface area contributed by atoms with Crippen LogP contribution < -0.4 is 5.32 Å². The molecule has 3 aliphatic rings. The minimum atomic E-state index is 0.118. The topological polar surface area (TPSA) is 35.6 Å². The molecule has 3 atom stereocenters. The maximum Gasteiger partial charge on any atom is 0.240 e. The third kappa shape index (κ3) is 2.41. The van der Waals surface area contributed by atoms with Crippen molar-refractivity contribution < 1.29 is 4.79 Å². The van der Waals surface area contributed by atoms with Gasteiger partial charge < -0.3 is 15.1 Å². The lowest BCUT2D eigenvalue weighted by Gasteiger charge is -2.39. The van der Waals surface area contributed by atoms with E-state index < -0.39 is 0 Å². The Kier molecular flexibility index (Phi) is 3.32. The average Bonchev–Trinajstić information content (AvgIpc) is 3.09. The van der Waals surface area contributed by atoms with Gasteiger partial charge in [0.15, 0.2) is 0 Å². The molecule has 4 heteroatoms. The summed E-state index contributed by atoms with van der Waals surface area (Å²) in [5, 5.41) is 3.49. The fourth-order valence-corrected chi connectivity index (χ4v) is 3.30. The molecule has 18 heavy (non-hydrogen) atoms. The Labute approximate surface area is 110 Å². The van der Waals surface area contributed by atoms with Gasteiger partial charge in [0, 0.05) is 31.2 Å². The number of carbonyl (C=O) groups is 1. The van der Waals surface area contributed by atoms with E-state index in [9.17, 15) is 4.79 Å². The van der Waals surface area contributed by atoms with Gasteiger partial charge in [-0.2, -0.15) is 0 Å². The molecule has 0 aromatic rings. The van der Waals surface area contributed by atoms with E-state index in [0.717, 1.165) is 32.4 Å². The second-order valence-electron chi connectivity index (χ2n) is 6.32. The fraction of sp³-hybridized carbons (Fsp3) is 0.929. The molecule has 0 aromatic carbocycles. The van der Waals surface area contributed by atoms with Crippen LogP contribution in [-0.4, -0.2) is 60.0 Å². The lowest BCUT2D eigenvalue weighted by Crippen LogP contribution is -2.50. The van der Waals surface area contributed by atoms with Crippen molar-refractivity contribution in [1.82, 2.24) is 15.1 Å². The van der Waals surface area contributed by atoms with Crippen molar-refractivity contribution >= 4 is 5.91 Å². The quantitative estimate of drug-likeness (QED) is 0.807. The second kappa shape index (κ2) is 4.82. The lowest BCUT2D eigenvalue weighted by molar-refractivity contribution is -0.132. The zero-order valence-electron chi connectivity index (χ0n) is 11.6. The van der Waals surface area contributed by atoms with Crippen LogP contribution in [0.5, 0.6) is 0 Å². The minimum absolute atomic E-state index is 0.118. The predicted molar refractivity (Wildman–Crippen MR) is 71.4 cm³/mol. The van der Waals surface area contributed by atoms with E-state index in [4.69, 9.17) is 0 Å². The van der Waals surface area contributed by atoms with Gasteiger partial charge in [-0.1, -0.05) is 0 Å². The molecule has 2 heterocycles. The average molecular weight is 251 g/mol. The highest BCUT2D eigenvalue weighted by Gasteiger charge is 2.39. The first kappa shape index (κ1) is 12.4. The first-order valence-electron chi connectivity index (χ1n) is 7.42. The minimum Gasteiger partial charge on any atom is -0.338 e. The molecule has 0 spiro atoms. The number of rotatable bonds is 3. The molecule has 2 aliphatic heterocycles. The largest absolute Gasteiger partial charge is 0.338 e. The van der Waals surface area contributed by atoms with E-state index in [0.29, 0.717) is 24.0 Å². The Morgan fingerprint density at radius 3 is 2.61 bits per heavy atom. The van der Waals surface area contributed by atoms with E-state index in [1.165, 1.54) is 12.8 Å². The Balaban J connectivity index is 1.58. The van der Waals surface area contributed by atoms with E-state index in [1.54, 1.807) is 0 Å². The number of hydrogen-bond acceptors (Lipinski definition) is 3. The van der Waals surface area contributed by atoms with Gasteiger partial charge in [0.2, 0.25) is 5.91 Å². The molecular weight excluding hydrogens is 226 g/mol. The number of nitrogens with zero attached hydrogens (tertiary/aromatic N) is 2. The smallest absolute Gasteiger partial charge is 0.240 e. The van der Waals surface area contributed by atoms with Gasteiger partial charge in [0.25, 0.3) is 0 Å². The highest BCUT2D eigenvalue weighted by atomic mass is 16.2. The Morgan fingerprint density at radius 2 is 1.94 bits per heavy atom. The number of likely N-dealkylation sites (tertiary alicyclic amines) is 2. The number of hydrogen-bond donors (Lipinski definition) is 1. The molecule has 0 aromatic heterocycles. The predicted octanol–water partition coefficient (Wildman–Crippen LogP) is 0.822. The molecule has 2 saturated heterocycles. The Hall–Kier alpha value is -0.610. The van der Waals surface area contributed by atoms with E-state index in [1.807, 2.05) is 0 Å². The maximum atomic E-state index is 12.4. The molecule has 1 saturated carbocycles. The summed E-state index contributed by atoms with van der Waals surface area (Å²) in [6, 6.07) is 1.84. The van der Waals surface area contributed by atoms with Gasteiger partial charge in [-0.25, -0.2) is 0 Å². The van der Waals surface area contributed by atoms with Crippen LogP contribution in [0.3, 0.4) is 0 Å². The molecular formula is C14H25N3O. The molecule has 1 N–H and O–H groups in total. The van der Waals surface area contributed by atoms with E-state index >= 15 is 0 Å². The van der Waals surface area contributed by atoms with Crippen LogP contribution in [0, 0.1) is 0 Å². The van der Waals surface area contributed by atoms with Gasteiger partial charge >= 0.3 is 0 Å². The molecule has 1 amide bonds. The van der Waals surface area contributed by atoms with Gasteiger partial charge in [-0.3, -0.25) is 4.79 Å². The van der Waals surface area contributed by atoms with Crippen LogP contribution in [0.25, 0.3) is 0 Å². The highest BCUT2D eigenvalue weighted by Crippen LogP contribution is 2.27. The number of piperidine rings is 1. The summed E-state index contributed by atoms with van der Waals surface area (Å²) in [7, 11) is 2.18. The first-order chi connectivity index (χ1) is 8.65. The van der Waals surface area contributed by atoms with E-state index in [-0.39, 0.29) is 6.04 Å². The molecule has 3 unspecified atom stereocenters. The summed E-state index contributed by atoms with van der Waals surface area (Å²) in [6.07, 6.45) is 5.81. The fourth-order valence-electron chi connectivity index (χ4n) is 3.30.